The summed E-state index contributed by atoms with van der Waals surface area (Å²) >= 11 is 0. The molecule has 160 valence electrons. The highest BCUT2D eigenvalue weighted by Crippen LogP contribution is 2.15. The second-order valence-electron chi connectivity index (χ2n) is 8.22. The largest absolute Gasteiger partial charge is 0.379 e. The lowest BCUT2D eigenvalue weighted by Crippen LogP contribution is -2.52. The van der Waals surface area contributed by atoms with Gasteiger partial charge in [-0.2, -0.15) is 0 Å². The Labute approximate surface area is 183 Å². The number of rotatable bonds is 8. The van der Waals surface area contributed by atoms with Gasteiger partial charge in [0.1, 0.15) is 0 Å². The van der Waals surface area contributed by atoms with Gasteiger partial charge in [0.25, 0.3) is 0 Å². The van der Waals surface area contributed by atoms with E-state index in [1.165, 1.54) is 38.9 Å². The summed E-state index contributed by atoms with van der Waals surface area (Å²) in [5.41, 5.74) is 0. The van der Waals surface area contributed by atoms with Crippen LogP contribution in [0.5, 0.6) is 0 Å². The van der Waals surface area contributed by atoms with Gasteiger partial charge in [-0.05, 0) is 50.7 Å². The first kappa shape index (κ1) is 24.9. The van der Waals surface area contributed by atoms with Crippen LogP contribution in [0.25, 0.3) is 0 Å². The molecule has 1 atom stereocenters. The van der Waals surface area contributed by atoms with Gasteiger partial charge in [0.05, 0.1) is 13.2 Å². The van der Waals surface area contributed by atoms with Crippen LogP contribution in [-0.4, -0.2) is 87.9 Å². The van der Waals surface area contributed by atoms with Gasteiger partial charge in [-0.3, -0.25) is 9.89 Å². The summed E-state index contributed by atoms with van der Waals surface area (Å²) in [6.45, 7) is 16.4. The quantitative estimate of drug-likeness (QED) is 0.234. The van der Waals surface area contributed by atoms with E-state index in [2.05, 4.69) is 46.2 Å². The number of aliphatic imine (C=N–C) groups is 1. The maximum atomic E-state index is 5.50. The molecule has 0 aromatic rings. The standard InChI is InChI=1S/C20H41N5O.HI/c1-17(2)19(25-12-14-26-15-13-25)16-23-20(21-4)22-8-5-9-24-10-6-18(3)7-11-24;/h17-19H,5-16H2,1-4H3,(H2,21,22,23);1H. The minimum atomic E-state index is 0. The van der Waals surface area contributed by atoms with Crippen molar-refractivity contribution in [2.45, 2.75) is 46.1 Å². The van der Waals surface area contributed by atoms with Gasteiger partial charge >= 0.3 is 0 Å². The smallest absolute Gasteiger partial charge is 0.191 e. The van der Waals surface area contributed by atoms with Crippen LogP contribution in [-0.2, 0) is 4.74 Å². The summed E-state index contributed by atoms with van der Waals surface area (Å²) < 4.78 is 5.50. The average molecular weight is 495 g/mol. The molecule has 2 heterocycles. The van der Waals surface area contributed by atoms with E-state index in [1.54, 1.807) is 0 Å². The van der Waals surface area contributed by atoms with Gasteiger partial charge in [0.2, 0.25) is 0 Å². The van der Waals surface area contributed by atoms with Crippen LogP contribution in [0.3, 0.4) is 0 Å². The fraction of sp³-hybridized carbons (Fsp3) is 0.950. The number of piperidine rings is 1. The van der Waals surface area contributed by atoms with Crippen LogP contribution in [0.15, 0.2) is 4.99 Å². The van der Waals surface area contributed by atoms with E-state index in [0.29, 0.717) is 12.0 Å². The lowest BCUT2D eigenvalue weighted by molar-refractivity contribution is 0.00752. The second-order valence-corrected chi connectivity index (χ2v) is 8.22. The Kier molecular flexibility index (Phi) is 12.9. The zero-order valence-corrected chi connectivity index (χ0v) is 20.2. The molecule has 0 amide bonds. The van der Waals surface area contributed by atoms with E-state index in [-0.39, 0.29) is 24.0 Å². The Morgan fingerprint density at radius 1 is 1.11 bits per heavy atom. The van der Waals surface area contributed by atoms with Crippen molar-refractivity contribution in [1.29, 1.82) is 0 Å². The molecule has 0 spiro atoms. The molecule has 2 rings (SSSR count). The molecule has 0 aliphatic carbocycles. The Morgan fingerprint density at radius 2 is 1.78 bits per heavy atom. The molecule has 0 aromatic carbocycles. The third-order valence-corrected chi connectivity index (χ3v) is 5.81. The first-order valence-electron chi connectivity index (χ1n) is 10.6. The molecule has 2 fully saturated rings. The molecule has 7 heteroatoms. The molecule has 2 N–H and O–H groups in total. The molecule has 1 unspecified atom stereocenters. The monoisotopic (exact) mass is 495 g/mol. The minimum Gasteiger partial charge on any atom is -0.379 e. The van der Waals surface area contributed by atoms with Gasteiger partial charge in [-0.25, -0.2) is 0 Å². The number of likely N-dealkylation sites (tertiary alicyclic amines) is 1. The minimum absolute atomic E-state index is 0. The fourth-order valence-electron chi connectivity index (χ4n) is 3.91. The first-order chi connectivity index (χ1) is 12.6. The molecule has 2 saturated heterocycles. The van der Waals surface area contributed by atoms with Crippen molar-refractivity contribution in [2.24, 2.45) is 16.8 Å². The van der Waals surface area contributed by atoms with Crippen molar-refractivity contribution in [1.82, 2.24) is 20.4 Å². The second kappa shape index (κ2) is 14.0. The zero-order chi connectivity index (χ0) is 18.8. The van der Waals surface area contributed by atoms with Crippen LogP contribution >= 0.6 is 24.0 Å². The first-order valence-corrected chi connectivity index (χ1v) is 10.6. The number of nitrogens with zero attached hydrogens (tertiary/aromatic N) is 3. The van der Waals surface area contributed by atoms with Crippen molar-refractivity contribution >= 4 is 29.9 Å². The summed E-state index contributed by atoms with van der Waals surface area (Å²) in [5.74, 6) is 2.45. The number of hydrogen-bond acceptors (Lipinski definition) is 4. The van der Waals surface area contributed by atoms with Crippen LogP contribution in [0.4, 0.5) is 0 Å². The van der Waals surface area contributed by atoms with E-state index < -0.39 is 0 Å². The molecule has 2 aliphatic rings. The SMILES string of the molecule is CN=C(NCCCN1CCC(C)CC1)NCC(C(C)C)N1CCOCC1.I. The predicted molar refractivity (Wildman–Crippen MR) is 125 cm³/mol. The predicted octanol–water partition coefficient (Wildman–Crippen LogP) is 2.25. The highest BCUT2D eigenvalue weighted by atomic mass is 127. The van der Waals surface area contributed by atoms with E-state index in [0.717, 1.165) is 51.3 Å². The van der Waals surface area contributed by atoms with Gasteiger partial charge in [0, 0.05) is 39.3 Å². The van der Waals surface area contributed by atoms with E-state index >= 15 is 0 Å². The Bertz CT molecular complexity index is 407. The van der Waals surface area contributed by atoms with Crippen LogP contribution in [0, 0.1) is 11.8 Å². The van der Waals surface area contributed by atoms with Crippen LogP contribution in [0.2, 0.25) is 0 Å². The molecular weight excluding hydrogens is 453 g/mol. The maximum Gasteiger partial charge on any atom is 0.191 e. The van der Waals surface area contributed by atoms with Crippen molar-refractivity contribution in [3.8, 4) is 0 Å². The molecule has 0 saturated carbocycles. The number of ether oxygens (including phenoxy) is 1. The van der Waals surface area contributed by atoms with Crippen molar-refractivity contribution < 1.29 is 4.74 Å². The fourth-order valence-corrected chi connectivity index (χ4v) is 3.91. The van der Waals surface area contributed by atoms with Crippen molar-refractivity contribution in [2.75, 3.05) is 66.1 Å². The van der Waals surface area contributed by atoms with Gasteiger partial charge < -0.3 is 20.3 Å². The lowest BCUT2D eigenvalue weighted by Gasteiger charge is -2.37. The lowest BCUT2D eigenvalue weighted by atomic mass is 9.99. The van der Waals surface area contributed by atoms with Gasteiger partial charge in [-0.15, -0.1) is 24.0 Å². The summed E-state index contributed by atoms with van der Waals surface area (Å²) in [4.78, 5) is 9.55. The third kappa shape index (κ3) is 9.28. The Balaban J connectivity index is 0.00000364. The van der Waals surface area contributed by atoms with Crippen LogP contribution in [0.1, 0.15) is 40.0 Å². The van der Waals surface area contributed by atoms with Crippen molar-refractivity contribution in [3.63, 3.8) is 0 Å². The molecule has 0 aromatic heterocycles. The summed E-state index contributed by atoms with van der Waals surface area (Å²) in [6, 6.07) is 0.521. The molecular formula is C20H42IN5O. The summed E-state index contributed by atoms with van der Waals surface area (Å²) in [7, 11) is 1.86. The molecule has 27 heavy (non-hydrogen) atoms. The topological polar surface area (TPSA) is 52.1 Å². The van der Waals surface area contributed by atoms with E-state index in [4.69, 9.17) is 4.74 Å². The molecule has 0 radical (unpaired) electrons. The highest BCUT2D eigenvalue weighted by Gasteiger charge is 2.23. The third-order valence-electron chi connectivity index (χ3n) is 5.81. The number of nitrogens with one attached hydrogen (secondary N) is 2. The number of guanidine groups is 1. The molecule has 6 nitrogen and oxygen atoms in total. The van der Waals surface area contributed by atoms with Gasteiger partial charge in [0.15, 0.2) is 5.96 Å². The number of morpholine rings is 1. The maximum absolute atomic E-state index is 5.50. The molecule has 2 aliphatic heterocycles. The van der Waals surface area contributed by atoms with E-state index in [9.17, 15) is 0 Å². The summed E-state index contributed by atoms with van der Waals surface area (Å²) in [6.07, 6.45) is 3.88. The Hall–Kier alpha value is -0.120. The summed E-state index contributed by atoms with van der Waals surface area (Å²) in [5, 5.41) is 7.02. The van der Waals surface area contributed by atoms with E-state index in [1.807, 2.05) is 7.05 Å². The highest BCUT2D eigenvalue weighted by molar-refractivity contribution is 14.0. The van der Waals surface area contributed by atoms with Gasteiger partial charge in [-0.1, -0.05) is 20.8 Å². The van der Waals surface area contributed by atoms with Crippen LogP contribution < -0.4 is 10.6 Å². The number of halogens is 1. The normalized spacial score (nSPS) is 21.7. The molecule has 0 bridgehead atoms. The van der Waals surface area contributed by atoms with Crippen molar-refractivity contribution in [3.05, 3.63) is 0 Å². The Morgan fingerprint density at radius 3 is 2.37 bits per heavy atom. The zero-order valence-electron chi connectivity index (χ0n) is 17.9. The average Bonchev–Trinajstić information content (AvgIpc) is 2.65. The number of hydrogen-bond donors (Lipinski definition) is 2.